The van der Waals surface area contributed by atoms with Crippen LogP contribution in [0.4, 0.5) is 13.2 Å². The number of carboxylic acids is 1. The second-order valence-corrected chi connectivity index (χ2v) is 3.87. The minimum absolute atomic E-state index is 0.0576. The van der Waals surface area contributed by atoms with Gasteiger partial charge in [0.2, 0.25) is 0 Å². The van der Waals surface area contributed by atoms with Gasteiger partial charge in [0.05, 0.1) is 5.56 Å². The molecule has 0 atom stereocenters. The highest BCUT2D eigenvalue weighted by Crippen LogP contribution is 2.19. The molecule has 5 nitrogen and oxygen atoms in total. The van der Waals surface area contributed by atoms with Gasteiger partial charge in [0.1, 0.15) is 40.6 Å². The van der Waals surface area contributed by atoms with Crippen LogP contribution in [0.25, 0.3) is 0 Å². The molecule has 0 aliphatic carbocycles. The van der Waals surface area contributed by atoms with E-state index in [9.17, 15) is 18.0 Å². The lowest BCUT2D eigenvalue weighted by molar-refractivity contribution is 0.0686. The number of phenols is 2. The lowest BCUT2D eigenvalue weighted by Gasteiger charge is -1.99. The molecule has 0 aliphatic rings. The largest absolute Gasteiger partial charge is 0.508 e. The molecule has 0 aromatic heterocycles. The number of nitrogens with zero attached hydrogens (tertiary/aromatic N) is 1. The third kappa shape index (κ3) is 4.14. The summed E-state index contributed by atoms with van der Waals surface area (Å²) in [6.45, 7) is 0. The average molecular weight is 311 g/mol. The van der Waals surface area contributed by atoms with E-state index in [1.165, 1.54) is 12.1 Å². The lowest BCUT2D eigenvalue weighted by atomic mass is 10.2. The van der Waals surface area contributed by atoms with E-state index in [4.69, 9.17) is 20.6 Å². The second-order valence-electron chi connectivity index (χ2n) is 3.87. The van der Waals surface area contributed by atoms with Gasteiger partial charge in [0.15, 0.2) is 0 Å². The van der Waals surface area contributed by atoms with Crippen LogP contribution in [0.15, 0.2) is 30.3 Å². The molecule has 0 spiro atoms. The molecule has 0 aliphatic heterocycles. The molecule has 8 heteroatoms. The maximum atomic E-state index is 12.6. The van der Waals surface area contributed by atoms with Crippen molar-refractivity contribution in [3.63, 3.8) is 0 Å². The number of aromatic hydroxyl groups is 2. The number of halogens is 3. The number of nitriles is 1. The van der Waals surface area contributed by atoms with Crippen LogP contribution in [-0.4, -0.2) is 21.3 Å². The molecule has 0 bridgehead atoms. The Kier molecular flexibility index (Phi) is 5.35. The van der Waals surface area contributed by atoms with E-state index in [1.807, 2.05) is 0 Å². The summed E-state index contributed by atoms with van der Waals surface area (Å²) in [5.41, 5.74) is -1.12. The van der Waals surface area contributed by atoms with Crippen molar-refractivity contribution in [2.75, 3.05) is 0 Å². The summed E-state index contributed by atoms with van der Waals surface area (Å²) in [6, 6.07) is 6.10. The molecule has 0 amide bonds. The number of hydrogen-bond donors (Lipinski definition) is 3. The Labute approximate surface area is 122 Å². The Morgan fingerprint density at radius 3 is 1.86 bits per heavy atom. The van der Waals surface area contributed by atoms with Crippen LogP contribution < -0.4 is 0 Å². The molecule has 0 heterocycles. The summed E-state index contributed by atoms with van der Waals surface area (Å²) in [7, 11) is 0. The fourth-order valence-electron chi connectivity index (χ4n) is 1.36. The van der Waals surface area contributed by atoms with Crippen LogP contribution in [0.3, 0.4) is 0 Å². The Balaban J connectivity index is 0.000000224. The molecule has 2 rings (SSSR count). The fourth-order valence-corrected chi connectivity index (χ4v) is 1.36. The summed E-state index contributed by atoms with van der Waals surface area (Å²) in [5, 5.41) is 33.8. The molecule has 0 unspecified atom stereocenters. The second kappa shape index (κ2) is 6.99. The Morgan fingerprint density at radius 2 is 1.45 bits per heavy atom. The minimum atomic E-state index is -1.70. The predicted octanol–water partition coefficient (Wildman–Crippen LogP) is 2.77. The van der Waals surface area contributed by atoms with E-state index in [1.54, 1.807) is 6.07 Å². The van der Waals surface area contributed by atoms with Crippen molar-refractivity contribution in [1.82, 2.24) is 0 Å². The number of rotatable bonds is 1. The molecular weight excluding hydrogens is 303 g/mol. The van der Waals surface area contributed by atoms with Crippen molar-refractivity contribution >= 4 is 5.97 Å². The SMILES string of the molecule is N#Cc1ccc(O)cc1F.O=C(O)c1c(F)cc(O)cc1F. The van der Waals surface area contributed by atoms with E-state index >= 15 is 0 Å². The van der Waals surface area contributed by atoms with E-state index in [2.05, 4.69) is 0 Å². The molecule has 3 N–H and O–H groups in total. The zero-order chi connectivity index (χ0) is 16.9. The number of aromatic carboxylic acids is 1. The van der Waals surface area contributed by atoms with Gasteiger partial charge in [-0.2, -0.15) is 5.26 Å². The zero-order valence-corrected chi connectivity index (χ0v) is 10.7. The third-order valence-electron chi connectivity index (χ3n) is 2.31. The van der Waals surface area contributed by atoms with Gasteiger partial charge < -0.3 is 15.3 Å². The fraction of sp³-hybridized carbons (Fsp3) is 0. The van der Waals surface area contributed by atoms with Gasteiger partial charge in [-0.25, -0.2) is 18.0 Å². The quantitative estimate of drug-likeness (QED) is 0.751. The Morgan fingerprint density at radius 1 is 0.955 bits per heavy atom. The molecule has 0 fully saturated rings. The van der Waals surface area contributed by atoms with E-state index < -0.39 is 34.7 Å². The summed E-state index contributed by atoms with van der Waals surface area (Å²) in [5.74, 6) is -5.79. The van der Waals surface area contributed by atoms with Crippen LogP contribution in [0.2, 0.25) is 0 Å². The molecule has 0 radical (unpaired) electrons. The lowest BCUT2D eigenvalue weighted by Crippen LogP contribution is -2.03. The van der Waals surface area contributed by atoms with Gasteiger partial charge in [-0.15, -0.1) is 0 Å². The first kappa shape index (κ1) is 16.8. The van der Waals surface area contributed by atoms with Crippen LogP contribution in [0, 0.1) is 28.8 Å². The smallest absolute Gasteiger partial charge is 0.341 e. The topological polar surface area (TPSA) is 102 Å². The van der Waals surface area contributed by atoms with Gasteiger partial charge in [-0.3, -0.25) is 0 Å². The van der Waals surface area contributed by atoms with Crippen molar-refractivity contribution < 1.29 is 33.3 Å². The first-order valence-electron chi connectivity index (χ1n) is 5.56. The summed E-state index contributed by atoms with van der Waals surface area (Å²) in [6.07, 6.45) is 0. The molecule has 22 heavy (non-hydrogen) atoms. The van der Waals surface area contributed by atoms with Crippen molar-refractivity contribution in [3.8, 4) is 17.6 Å². The summed E-state index contributed by atoms with van der Waals surface area (Å²) in [4.78, 5) is 10.2. The average Bonchev–Trinajstić information content (AvgIpc) is 2.37. The van der Waals surface area contributed by atoms with Crippen molar-refractivity contribution in [3.05, 3.63) is 58.9 Å². The molecular formula is C14H8F3NO4. The monoisotopic (exact) mass is 311 g/mol. The van der Waals surface area contributed by atoms with Crippen LogP contribution >= 0.6 is 0 Å². The van der Waals surface area contributed by atoms with Crippen molar-refractivity contribution in [2.24, 2.45) is 0 Å². The van der Waals surface area contributed by atoms with Gasteiger partial charge in [-0.1, -0.05) is 0 Å². The molecule has 0 saturated heterocycles. The Hall–Kier alpha value is -3.21. The van der Waals surface area contributed by atoms with Gasteiger partial charge in [0.25, 0.3) is 0 Å². The van der Waals surface area contributed by atoms with Crippen molar-refractivity contribution in [1.29, 1.82) is 5.26 Å². The number of benzene rings is 2. The summed E-state index contributed by atoms with van der Waals surface area (Å²) >= 11 is 0. The zero-order valence-electron chi connectivity index (χ0n) is 10.7. The third-order valence-corrected chi connectivity index (χ3v) is 2.31. The van der Waals surface area contributed by atoms with E-state index in [-0.39, 0.29) is 11.3 Å². The standard InChI is InChI=1S/C7H4F2O3.C7H4FNO/c8-4-1-3(10)2-5(9)6(4)7(11)12;8-7-3-6(10)2-1-5(7)4-9/h1-2,10H,(H,11,12);1-3,10H. The molecule has 2 aromatic rings. The summed E-state index contributed by atoms with van der Waals surface area (Å²) < 4.78 is 37.6. The normalized spacial score (nSPS) is 9.36. The number of carbonyl (C=O) groups is 1. The molecule has 0 saturated carbocycles. The van der Waals surface area contributed by atoms with Crippen LogP contribution in [0.5, 0.6) is 11.5 Å². The molecule has 2 aromatic carbocycles. The van der Waals surface area contributed by atoms with Crippen LogP contribution in [0.1, 0.15) is 15.9 Å². The predicted molar refractivity (Wildman–Crippen MR) is 67.8 cm³/mol. The van der Waals surface area contributed by atoms with Crippen LogP contribution in [-0.2, 0) is 0 Å². The maximum Gasteiger partial charge on any atom is 0.341 e. The number of hydrogen-bond acceptors (Lipinski definition) is 4. The number of carboxylic acid groups (broad SMARTS) is 1. The first-order valence-corrected chi connectivity index (χ1v) is 5.56. The number of phenolic OH excluding ortho intramolecular Hbond substituents is 2. The van der Waals surface area contributed by atoms with Crippen molar-refractivity contribution in [2.45, 2.75) is 0 Å². The van der Waals surface area contributed by atoms with E-state index in [0.717, 1.165) is 6.07 Å². The minimum Gasteiger partial charge on any atom is -0.508 e. The highest BCUT2D eigenvalue weighted by atomic mass is 19.1. The first-order chi connectivity index (χ1) is 10.3. The highest BCUT2D eigenvalue weighted by Gasteiger charge is 2.17. The maximum absolute atomic E-state index is 12.6. The Bertz CT molecular complexity index is 733. The molecule has 114 valence electrons. The van der Waals surface area contributed by atoms with Gasteiger partial charge in [-0.05, 0) is 12.1 Å². The highest BCUT2D eigenvalue weighted by molar-refractivity contribution is 5.88. The van der Waals surface area contributed by atoms with Gasteiger partial charge in [0, 0.05) is 18.2 Å². The van der Waals surface area contributed by atoms with E-state index in [0.29, 0.717) is 12.1 Å². The van der Waals surface area contributed by atoms with Gasteiger partial charge >= 0.3 is 5.97 Å².